The lowest BCUT2D eigenvalue weighted by Gasteiger charge is -2.39. The van der Waals surface area contributed by atoms with Crippen molar-refractivity contribution in [2.75, 3.05) is 42.2 Å². The van der Waals surface area contributed by atoms with Crippen LogP contribution in [0, 0.1) is 0 Å². The van der Waals surface area contributed by atoms with Crippen LogP contribution in [-0.2, 0) is 0 Å². The fraction of sp³-hybridized carbons (Fsp3) is 0.206. The molecule has 0 aliphatic carbocycles. The predicted octanol–water partition coefficient (Wildman–Crippen LogP) is 5.37. The van der Waals surface area contributed by atoms with E-state index in [1.165, 1.54) is 20.3 Å². The maximum atomic E-state index is 12.4. The summed E-state index contributed by atoms with van der Waals surface area (Å²) < 4.78 is 37.7. The molecule has 1 unspecified atom stereocenters. The van der Waals surface area contributed by atoms with E-state index in [9.17, 15) is 15.0 Å². The van der Waals surface area contributed by atoms with Gasteiger partial charge in [0.2, 0.25) is 5.78 Å². The standard InChI is InChI=1S/C19H18O6.C15H14O4/c1-21-12-5-4-11-6-14-13-8-17(22-2)18(23-3)9-16(13)24-10-19(14,20)25-15(11)7-12;1-18-11-8-12(16)14(13(9-11)19-2)15(17)10-6-4-3-5-7-10/h4-9,20H,10H2,1-3H3;3-9,16H,1-2H3. The van der Waals surface area contributed by atoms with Crippen molar-refractivity contribution in [3.8, 4) is 46.0 Å². The molecular formula is C34H32O10. The summed E-state index contributed by atoms with van der Waals surface area (Å²) in [7, 11) is 7.63. The minimum Gasteiger partial charge on any atom is -0.507 e. The maximum Gasteiger partial charge on any atom is 0.270 e. The van der Waals surface area contributed by atoms with Crippen molar-refractivity contribution < 1.29 is 48.2 Å². The second-order valence-electron chi connectivity index (χ2n) is 9.76. The minimum atomic E-state index is -1.58. The highest BCUT2D eigenvalue weighted by Crippen LogP contribution is 2.49. The molecule has 10 heteroatoms. The number of phenolic OH excluding ortho intramolecular Hbond substituents is 1. The molecule has 10 nitrogen and oxygen atoms in total. The Morgan fingerprint density at radius 1 is 0.750 bits per heavy atom. The number of phenols is 1. The van der Waals surface area contributed by atoms with Crippen molar-refractivity contribution >= 4 is 17.4 Å². The summed E-state index contributed by atoms with van der Waals surface area (Å²) in [6, 6.07) is 20.7. The molecular weight excluding hydrogens is 568 g/mol. The maximum absolute atomic E-state index is 12.4. The average molecular weight is 601 g/mol. The average Bonchev–Trinajstić information content (AvgIpc) is 3.06. The molecule has 0 fully saturated rings. The Morgan fingerprint density at radius 2 is 1.43 bits per heavy atom. The van der Waals surface area contributed by atoms with Crippen molar-refractivity contribution in [1.29, 1.82) is 0 Å². The number of rotatable bonds is 7. The van der Waals surface area contributed by atoms with Crippen molar-refractivity contribution in [2.45, 2.75) is 5.79 Å². The first-order valence-electron chi connectivity index (χ1n) is 13.5. The highest BCUT2D eigenvalue weighted by molar-refractivity contribution is 6.12. The van der Waals surface area contributed by atoms with E-state index in [1.54, 1.807) is 69.9 Å². The number of methoxy groups -OCH3 is 5. The molecule has 0 saturated heterocycles. The molecule has 0 aromatic heterocycles. The Hall–Kier alpha value is -5.35. The van der Waals surface area contributed by atoms with E-state index in [1.807, 2.05) is 24.3 Å². The molecule has 0 spiro atoms. The van der Waals surface area contributed by atoms with Gasteiger partial charge in [0.25, 0.3) is 5.79 Å². The molecule has 4 aromatic carbocycles. The van der Waals surface area contributed by atoms with Crippen LogP contribution in [0.4, 0.5) is 0 Å². The van der Waals surface area contributed by atoms with Crippen molar-refractivity contribution in [3.05, 3.63) is 95.1 Å². The van der Waals surface area contributed by atoms with Gasteiger partial charge >= 0.3 is 0 Å². The lowest BCUT2D eigenvalue weighted by atomic mass is 9.90. The summed E-state index contributed by atoms with van der Waals surface area (Å²) in [6.07, 6.45) is 1.89. The molecule has 2 aliphatic rings. The van der Waals surface area contributed by atoms with Crippen molar-refractivity contribution in [3.63, 3.8) is 0 Å². The quantitative estimate of drug-likeness (QED) is 0.268. The third-order valence-electron chi connectivity index (χ3n) is 7.19. The fourth-order valence-electron chi connectivity index (χ4n) is 4.93. The van der Waals surface area contributed by atoms with Gasteiger partial charge in [-0.2, -0.15) is 0 Å². The molecule has 0 amide bonds. The number of ether oxygens (including phenoxy) is 7. The van der Waals surface area contributed by atoms with Gasteiger partial charge in [0, 0.05) is 46.5 Å². The number of aromatic hydroxyl groups is 1. The van der Waals surface area contributed by atoms with Crippen LogP contribution in [0.15, 0.2) is 72.8 Å². The SMILES string of the molecule is COc1cc(O)c(C(=O)c2ccccc2)c(OC)c1.COc1ccc2c(c1)OC1(O)COc3cc(OC)c(OC)cc3C1=C2. The van der Waals surface area contributed by atoms with Crippen LogP contribution in [0.2, 0.25) is 0 Å². The van der Waals surface area contributed by atoms with Crippen LogP contribution in [0.3, 0.4) is 0 Å². The predicted molar refractivity (Wildman–Crippen MR) is 163 cm³/mol. The molecule has 228 valence electrons. The summed E-state index contributed by atoms with van der Waals surface area (Å²) in [5.74, 6) is 1.60. The summed E-state index contributed by atoms with van der Waals surface area (Å²) >= 11 is 0. The van der Waals surface area contributed by atoms with Crippen LogP contribution < -0.4 is 33.2 Å². The topological polar surface area (TPSA) is 122 Å². The largest absolute Gasteiger partial charge is 0.507 e. The van der Waals surface area contributed by atoms with Crippen LogP contribution in [0.5, 0.6) is 46.0 Å². The van der Waals surface area contributed by atoms with E-state index in [2.05, 4.69) is 0 Å². The highest BCUT2D eigenvalue weighted by atomic mass is 16.7. The van der Waals surface area contributed by atoms with Gasteiger partial charge < -0.3 is 43.4 Å². The third-order valence-corrected chi connectivity index (χ3v) is 7.19. The summed E-state index contributed by atoms with van der Waals surface area (Å²) in [5.41, 5.74) is 2.79. The Kier molecular flexibility index (Phi) is 8.54. The molecule has 44 heavy (non-hydrogen) atoms. The van der Waals surface area contributed by atoms with Gasteiger partial charge in [-0.25, -0.2) is 0 Å². The van der Waals surface area contributed by atoms with Gasteiger partial charge in [-0.3, -0.25) is 4.79 Å². The van der Waals surface area contributed by atoms with Crippen LogP contribution in [0.1, 0.15) is 27.0 Å². The number of fused-ring (bicyclic) bond motifs is 4. The molecule has 2 N–H and O–H groups in total. The monoisotopic (exact) mass is 600 g/mol. The van der Waals surface area contributed by atoms with Crippen LogP contribution >= 0.6 is 0 Å². The molecule has 0 radical (unpaired) electrons. The first-order valence-corrected chi connectivity index (χ1v) is 13.5. The molecule has 1 atom stereocenters. The molecule has 0 saturated carbocycles. The van der Waals surface area contributed by atoms with Gasteiger partial charge in [-0.15, -0.1) is 0 Å². The second-order valence-corrected chi connectivity index (χ2v) is 9.76. The first-order chi connectivity index (χ1) is 21.2. The Labute approximate surface area is 254 Å². The van der Waals surface area contributed by atoms with E-state index in [4.69, 9.17) is 33.2 Å². The lowest BCUT2D eigenvalue weighted by molar-refractivity contribution is -0.116. The Bertz CT molecular complexity index is 1710. The van der Waals surface area contributed by atoms with Gasteiger partial charge in [0.1, 0.15) is 40.1 Å². The van der Waals surface area contributed by atoms with Gasteiger partial charge in [0.15, 0.2) is 18.1 Å². The second kappa shape index (κ2) is 12.5. The number of carbonyl (C=O) groups is 1. The smallest absolute Gasteiger partial charge is 0.270 e. The molecule has 2 heterocycles. The van der Waals surface area contributed by atoms with Gasteiger partial charge in [-0.1, -0.05) is 30.3 Å². The molecule has 2 aliphatic heterocycles. The number of hydrogen-bond acceptors (Lipinski definition) is 10. The summed E-state index contributed by atoms with van der Waals surface area (Å²) in [4.78, 5) is 12.4. The zero-order chi connectivity index (χ0) is 31.4. The highest BCUT2D eigenvalue weighted by Gasteiger charge is 2.44. The number of carbonyl (C=O) groups excluding carboxylic acids is 1. The van der Waals surface area contributed by atoms with Gasteiger partial charge in [-0.05, 0) is 24.3 Å². The van der Waals surface area contributed by atoms with E-state index < -0.39 is 5.79 Å². The number of aliphatic hydroxyl groups is 1. The first kappa shape index (κ1) is 30.1. The number of ketones is 1. The summed E-state index contributed by atoms with van der Waals surface area (Å²) in [6.45, 7) is -0.0298. The Morgan fingerprint density at radius 3 is 2.09 bits per heavy atom. The minimum absolute atomic E-state index is 0.0298. The molecule has 6 rings (SSSR count). The zero-order valence-electron chi connectivity index (χ0n) is 24.9. The number of hydrogen-bond donors (Lipinski definition) is 2. The number of benzene rings is 4. The van der Waals surface area contributed by atoms with Crippen LogP contribution in [-0.4, -0.2) is 63.9 Å². The summed E-state index contributed by atoms with van der Waals surface area (Å²) in [5, 5.41) is 21.0. The molecule has 0 bridgehead atoms. The van der Waals surface area contributed by atoms with Crippen molar-refractivity contribution in [1.82, 2.24) is 0 Å². The van der Waals surface area contributed by atoms with Crippen LogP contribution in [0.25, 0.3) is 11.6 Å². The van der Waals surface area contributed by atoms with Crippen molar-refractivity contribution in [2.24, 2.45) is 0 Å². The third kappa shape index (κ3) is 5.67. The van der Waals surface area contributed by atoms with Gasteiger partial charge in [0.05, 0.1) is 35.5 Å². The Balaban J connectivity index is 0.000000182. The fourth-order valence-corrected chi connectivity index (χ4v) is 4.93. The lowest BCUT2D eigenvalue weighted by Crippen LogP contribution is -2.47. The zero-order valence-corrected chi connectivity index (χ0v) is 24.9. The molecule has 4 aromatic rings. The van der Waals surface area contributed by atoms with E-state index in [-0.39, 0.29) is 29.5 Å². The van der Waals surface area contributed by atoms with E-state index in [0.29, 0.717) is 51.2 Å². The normalized spacial score (nSPS) is 15.7. The van der Waals surface area contributed by atoms with E-state index >= 15 is 0 Å². The van der Waals surface area contributed by atoms with E-state index in [0.717, 1.165) is 5.56 Å².